The zero-order chi connectivity index (χ0) is 8.10. The fraction of sp³-hybridized carbons (Fsp3) is 0.143. The minimum Gasteiger partial charge on any atom is -0.326 e. The Labute approximate surface area is 64.9 Å². The number of nitrogens with zero attached hydrogens (tertiary/aromatic N) is 2. The predicted molar refractivity (Wildman–Crippen MR) is 43.0 cm³/mol. The predicted octanol–water partition coefficient (Wildman–Crippen LogP) is 1.10. The summed E-state index contributed by atoms with van der Waals surface area (Å²) < 4.78 is 0. The van der Waals surface area contributed by atoms with Crippen molar-refractivity contribution in [2.24, 2.45) is 21.9 Å². The molecule has 4 nitrogen and oxygen atoms in total. The van der Waals surface area contributed by atoms with Crippen molar-refractivity contribution in [3.63, 3.8) is 0 Å². The van der Waals surface area contributed by atoms with E-state index in [0.717, 1.165) is 11.3 Å². The summed E-state index contributed by atoms with van der Waals surface area (Å²) in [5, 5.41) is 6.88. The van der Waals surface area contributed by atoms with Crippen LogP contribution in [0.3, 0.4) is 0 Å². The lowest BCUT2D eigenvalue weighted by atomic mass is 10.2. The lowest BCUT2D eigenvalue weighted by Gasteiger charge is -1.98. The molecule has 0 saturated heterocycles. The van der Waals surface area contributed by atoms with Crippen LogP contribution in [0.4, 0.5) is 5.69 Å². The monoisotopic (exact) mass is 150 g/mol. The Morgan fingerprint density at radius 3 is 2.64 bits per heavy atom. The van der Waals surface area contributed by atoms with Crippen LogP contribution in [0.15, 0.2) is 34.6 Å². The summed E-state index contributed by atoms with van der Waals surface area (Å²) in [5.74, 6) is 4.90. The summed E-state index contributed by atoms with van der Waals surface area (Å²) in [6, 6.07) is 7.48. The zero-order valence-corrected chi connectivity index (χ0v) is 6.07. The van der Waals surface area contributed by atoms with Crippen LogP contribution < -0.4 is 11.6 Å². The SMILES string of the molecule is NCc1ccccc1N=NN. The maximum absolute atomic E-state index is 5.44. The van der Waals surface area contributed by atoms with Gasteiger partial charge in [-0.3, -0.25) is 0 Å². The molecule has 1 aromatic rings. The lowest BCUT2D eigenvalue weighted by molar-refractivity contribution is 1.02. The molecule has 11 heavy (non-hydrogen) atoms. The molecule has 0 radical (unpaired) electrons. The highest BCUT2D eigenvalue weighted by atomic mass is 15.3. The zero-order valence-electron chi connectivity index (χ0n) is 6.07. The first kappa shape index (κ1) is 7.68. The molecule has 4 N–H and O–H groups in total. The quantitative estimate of drug-likeness (QED) is 0.376. The average molecular weight is 150 g/mol. The molecule has 0 bridgehead atoms. The normalized spacial score (nSPS) is 10.6. The van der Waals surface area contributed by atoms with Gasteiger partial charge in [0.2, 0.25) is 0 Å². The Morgan fingerprint density at radius 2 is 2.00 bits per heavy atom. The van der Waals surface area contributed by atoms with Gasteiger partial charge in [0.15, 0.2) is 0 Å². The summed E-state index contributed by atoms with van der Waals surface area (Å²) >= 11 is 0. The van der Waals surface area contributed by atoms with Crippen molar-refractivity contribution in [1.29, 1.82) is 0 Å². The Balaban J connectivity index is 3.02. The Morgan fingerprint density at radius 1 is 1.27 bits per heavy atom. The molecule has 0 aliphatic heterocycles. The largest absolute Gasteiger partial charge is 0.326 e. The molecule has 0 atom stereocenters. The van der Waals surface area contributed by atoms with Crippen LogP contribution in [0.2, 0.25) is 0 Å². The fourth-order valence-electron chi connectivity index (χ4n) is 0.843. The van der Waals surface area contributed by atoms with E-state index in [4.69, 9.17) is 11.6 Å². The summed E-state index contributed by atoms with van der Waals surface area (Å²) in [6.07, 6.45) is 0. The molecule has 0 amide bonds. The van der Waals surface area contributed by atoms with Crippen molar-refractivity contribution in [2.75, 3.05) is 0 Å². The molecule has 0 aliphatic rings. The molecular formula is C7H10N4. The van der Waals surface area contributed by atoms with E-state index >= 15 is 0 Å². The number of nitrogens with two attached hydrogens (primary N) is 2. The van der Waals surface area contributed by atoms with Crippen LogP contribution in [0.25, 0.3) is 0 Å². The van der Waals surface area contributed by atoms with Gasteiger partial charge in [-0.15, -0.1) is 5.11 Å². The van der Waals surface area contributed by atoms with Crippen LogP contribution >= 0.6 is 0 Å². The van der Waals surface area contributed by atoms with Gasteiger partial charge in [0.1, 0.15) is 0 Å². The average Bonchev–Trinajstić information content (AvgIpc) is 2.06. The molecule has 0 unspecified atom stereocenters. The van der Waals surface area contributed by atoms with Gasteiger partial charge in [-0.1, -0.05) is 23.4 Å². The molecule has 0 saturated carbocycles. The minimum absolute atomic E-state index is 0.454. The second-order valence-corrected chi connectivity index (χ2v) is 2.05. The summed E-state index contributed by atoms with van der Waals surface area (Å²) in [7, 11) is 0. The topological polar surface area (TPSA) is 76.8 Å². The Hall–Kier alpha value is -1.42. The van der Waals surface area contributed by atoms with Crippen LogP contribution in [0.1, 0.15) is 5.56 Å². The van der Waals surface area contributed by atoms with E-state index in [-0.39, 0.29) is 0 Å². The van der Waals surface area contributed by atoms with E-state index in [1.165, 1.54) is 0 Å². The highest BCUT2D eigenvalue weighted by Crippen LogP contribution is 2.17. The van der Waals surface area contributed by atoms with Crippen LogP contribution in [0, 0.1) is 0 Å². The Bertz CT molecular complexity index is 256. The summed E-state index contributed by atoms with van der Waals surface area (Å²) in [4.78, 5) is 0. The van der Waals surface area contributed by atoms with Crippen LogP contribution in [0.5, 0.6) is 0 Å². The van der Waals surface area contributed by atoms with E-state index < -0.39 is 0 Å². The third-order valence-electron chi connectivity index (χ3n) is 1.38. The first-order valence-electron chi connectivity index (χ1n) is 3.27. The highest BCUT2D eigenvalue weighted by molar-refractivity contribution is 5.44. The van der Waals surface area contributed by atoms with Crippen LogP contribution in [-0.2, 0) is 6.54 Å². The van der Waals surface area contributed by atoms with Gasteiger partial charge in [-0.05, 0) is 11.6 Å². The minimum atomic E-state index is 0.454. The van der Waals surface area contributed by atoms with Crippen molar-refractivity contribution in [3.05, 3.63) is 29.8 Å². The standard InChI is InChI=1S/C7H10N4/c8-5-6-3-1-2-4-7(6)10-11-9/h1-4H,5,8H2,(H2,9,10). The molecule has 0 spiro atoms. The van der Waals surface area contributed by atoms with Gasteiger partial charge in [0.25, 0.3) is 0 Å². The molecule has 58 valence electrons. The molecule has 1 aromatic carbocycles. The molecule has 0 aromatic heterocycles. The van der Waals surface area contributed by atoms with Gasteiger partial charge in [-0.25, -0.2) is 0 Å². The highest BCUT2D eigenvalue weighted by Gasteiger charge is 1.95. The molecule has 0 heterocycles. The number of hydrogen-bond donors (Lipinski definition) is 2. The van der Waals surface area contributed by atoms with Gasteiger partial charge in [0.05, 0.1) is 5.69 Å². The third kappa shape index (κ3) is 1.75. The Kier molecular flexibility index (Phi) is 2.57. The third-order valence-corrected chi connectivity index (χ3v) is 1.38. The molecule has 0 aliphatic carbocycles. The first-order chi connectivity index (χ1) is 5.38. The van der Waals surface area contributed by atoms with Crippen LogP contribution in [-0.4, -0.2) is 0 Å². The summed E-state index contributed by atoms with van der Waals surface area (Å²) in [6.45, 7) is 0.454. The smallest absolute Gasteiger partial charge is 0.0918 e. The van der Waals surface area contributed by atoms with E-state index in [9.17, 15) is 0 Å². The number of hydrogen-bond acceptors (Lipinski definition) is 3. The first-order valence-corrected chi connectivity index (χ1v) is 3.27. The van der Waals surface area contributed by atoms with E-state index in [0.29, 0.717) is 6.54 Å². The maximum Gasteiger partial charge on any atom is 0.0918 e. The van der Waals surface area contributed by atoms with Crippen molar-refractivity contribution >= 4 is 5.69 Å². The lowest BCUT2D eigenvalue weighted by Crippen LogP contribution is -1.95. The molecule has 4 heteroatoms. The molecule has 0 fully saturated rings. The van der Waals surface area contributed by atoms with Gasteiger partial charge >= 0.3 is 0 Å². The van der Waals surface area contributed by atoms with Gasteiger partial charge < -0.3 is 11.6 Å². The fourth-order valence-corrected chi connectivity index (χ4v) is 0.843. The molecule has 1 rings (SSSR count). The summed E-state index contributed by atoms with van der Waals surface area (Å²) in [5.41, 5.74) is 7.12. The number of benzene rings is 1. The van der Waals surface area contributed by atoms with E-state index in [1.54, 1.807) is 0 Å². The van der Waals surface area contributed by atoms with Crippen molar-refractivity contribution in [2.45, 2.75) is 6.54 Å². The van der Waals surface area contributed by atoms with Crippen molar-refractivity contribution in [3.8, 4) is 0 Å². The maximum atomic E-state index is 5.44. The van der Waals surface area contributed by atoms with Crippen molar-refractivity contribution < 1.29 is 0 Å². The second kappa shape index (κ2) is 3.68. The van der Waals surface area contributed by atoms with Crippen molar-refractivity contribution in [1.82, 2.24) is 0 Å². The van der Waals surface area contributed by atoms with Gasteiger partial charge in [-0.2, -0.15) is 0 Å². The van der Waals surface area contributed by atoms with Gasteiger partial charge in [0, 0.05) is 6.54 Å². The number of rotatable bonds is 2. The molecular weight excluding hydrogens is 140 g/mol. The second-order valence-electron chi connectivity index (χ2n) is 2.05. The van der Waals surface area contributed by atoms with E-state index in [2.05, 4.69) is 10.3 Å². The van der Waals surface area contributed by atoms with E-state index in [1.807, 2.05) is 24.3 Å².